The van der Waals surface area contributed by atoms with E-state index in [4.69, 9.17) is 0 Å². The molecule has 1 aromatic heterocycles. The molecule has 0 radical (unpaired) electrons. The van der Waals surface area contributed by atoms with Gasteiger partial charge in [-0.25, -0.2) is 0 Å². The molecular formula is C12H21NS2. The van der Waals surface area contributed by atoms with Gasteiger partial charge in [0.15, 0.2) is 0 Å². The number of nitrogens with one attached hydrogen (secondary N) is 1. The summed E-state index contributed by atoms with van der Waals surface area (Å²) >= 11 is 3.81. The fourth-order valence-corrected chi connectivity index (χ4v) is 3.05. The molecule has 86 valence electrons. The van der Waals surface area contributed by atoms with Gasteiger partial charge in [0, 0.05) is 21.8 Å². The van der Waals surface area contributed by atoms with Gasteiger partial charge >= 0.3 is 0 Å². The van der Waals surface area contributed by atoms with Gasteiger partial charge in [0.2, 0.25) is 0 Å². The van der Waals surface area contributed by atoms with Crippen molar-refractivity contribution in [3.8, 4) is 0 Å². The van der Waals surface area contributed by atoms with Crippen molar-refractivity contribution < 1.29 is 0 Å². The Kier molecular flexibility index (Phi) is 5.72. The molecule has 1 nitrogen and oxygen atoms in total. The summed E-state index contributed by atoms with van der Waals surface area (Å²) in [5, 5.41) is 3.64. The van der Waals surface area contributed by atoms with Crippen molar-refractivity contribution in [2.24, 2.45) is 0 Å². The second-order valence-corrected chi connectivity index (χ2v) is 6.32. The topological polar surface area (TPSA) is 12.0 Å². The lowest BCUT2D eigenvalue weighted by Gasteiger charge is -2.18. The molecule has 2 unspecified atom stereocenters. The van der Waals surface area contributed by atoms with Crippen LogP contribution in [0.2, 0.25) is 0 Å². The van der Waals surface area contributed by atoms with Crippen molar-refractivity contribution in [2.75, 3.05) is 12.0 Å². The van der Waals surface area contributed by atoms with Gasteiger partial charge in [-0.3, -0.25) is 0 Å². The molecule has 0 aliphatic heterocycles. The van der Waals surface area contributed by atoms with Crippen LogP contribution in [0.5, 0.6) is 0 Å². The monoisotopic (exact) mass is 243 g/mol. The van der Waals surface area contributed by atoms with E-state index in [1.165, 1.54) is 21.9 Å². The summed E-state index contributed by atoms with van der Waals surface area (Å²) in [7, 11) is 0. The predicted molar refractivity (Wildman–Crippen MR) is 73.1 cm³/mol. The van der Waals surface area contributed by atoms with Gasteiger partial charge in [-0.15, -0.1) is 11.3 Å². The van der Waals surface area contributed by atoms with E-state index < -0.39 is 0 Å². The molecule has 0 aliphatic rings. The van der Waals surface area contributed by atoms with Crippen molar-refractivity contribution >= 4 is 23.1 Å². The first-order valence-corrected chi connectivity index (χ1v) is 7.66. The predicted octanol–water partition coefficient (Wildman–Crippen LogP) is 3.85. The van der Waals surface area contributed by atoms with Crippen molar-refractivity contribution in [3.05, 3.63) is 21.9 Å². The highest BCUT2D eigenvalue weighted by atomic mass is 32.2. The quantitative estimate of drug-likeness (QED) is 0.814. The van der Waals surface area contributed by atoms with Crippen LogP contribution in [0.25, 0.3) is 0 Å². The lowest BCUT2D eigenvalue weighted by Crippen LogP contribution is -2.28. The zero-order valence-corrected chi connectivity index (χ0v) is 11.7. The lowest BCUT2D eigenvalue weighted by molar-refractivity contribution is 0.476. The Morgan fingerprint density at radius 2 is 2.13 bits per heavy atom. The van der Waals surface area contributed by atoms with E-state index in [9.17, 15) is 0 Å². The Labute approximate surface area is 102 Å². The maximum atomic E-state index is 3.64. The van der Waals surface area contributed by atoms with Crippen molar-refractivity contribution in [1.29, 1.82) is 0 Å². The third-order valence-corrected chi connectivity index (χ3v) is 4.30. The highest BCUT2D eigenvalue weighted by molar-refractivity contribution is 7.98. The Balaban J connectivity index is 2.38. The van der Waals surface area contributed by atoms with Gasteiger partial charge in [0.1, 0.15) is 0 Å². The summed E-state index contributed by atoms with van der Waals surface area (Å²) < 4.78 is 0. The van der Waals surface area contributed by atoms with Crippen LogP contribution >= 0.6 is 23.1 Å². The zero-order valence-electron chi connectivity index (χ0n) is 10.0. The van der Waals surface area contributed by atoms with Crippen LogP contribution in [-0.2, 0) is 0 Å². The second kappa shape index (κ2) is 6.56. The minimum absolute atomic E-state index is 0.487. The molecule has 0 aliphatic carbocycles. The van der Waals surface area contributed by atoms with Crippen molar-refractivity contribution in [2.45, 2.75) is 39.3 Å². The molecule has 0 bridgehead atoms. The van der Waals surface area contributed by atoms with Crippen LogP contribution in [0.3, 0.4) is 0 Å². The van der Waals surface area contributed by atoms with Gasteiger partial charge < -0.3 is 5.32 Å². The maximum absolute atomic E-state index is 3.64. The number of thioether (sulfide) groups is 1. The van der Waals surface area contributed by atoms with Crippen LogP contribution in [-0.4, -0.2) is 18.1 Å². The minimum Gasteiger partial charge on any atom is -0.307 e. The highest BCUT2D eigenvalue weighted by Crippen LogP contribution is 2.22. The first kappa shape index (κ1) is 13.1. The SMILES string of the molecule is CSCCC(C)NC(C)c1ccc(C)s1. The summed E-state index contributed by atoms with van der Waals surface area (Å²) in [6.45, 7) is 6.69. The number of aryl methyl sites for hydroxylation is 1. The first-order chi connectivity index (χ1) is 7.13. The van der Waals surface area contributed by atoms with E-state index in [1.54, 1.807) is 0 Å². The van der Waals surface area contributed by atoms with Crippen LogP contribution < -0.4 is 5.32 Å². The normalized spacial score (nSPS) is 15.2. The fraction of sp³-hybridized carbons (Fsp3) is 0.667. The minimum atomic E-state index is 0.487. The second-order valence-electron chi connectivity index (χ2n) is 4.02. The van der Waals surface area contributed by atoms with Gasteiger partial charge in [-0.1, -0.05) is 0 Å². The van der Waals surface area contributed by atoms with Gasteiger partial charge in [0.25, 0.3) is 0 Å². The van der Waals surface area contributed by atoms with E-state index in [2.05, 4.69) is 44.5 Å². The molecule has 15 heavy (non-hydrogen) atoms. The molecule has 0 amide bonds. The van der Waals surface area contributed by atoms with E-state index in [0.29, 0.717) is 12.1 Å². The van der Waals surface area contributed by atoms with Crippen LogP contribution in [0.15, 0.2) is 12.1 Å². The van der Waals surface area contributed by atoms with Crippen molar-refractivity contribution in [3.63, 3.8) is 0 Å². The Morgan fingerprint density at radius 3 is 2.67 bits per heavy atom. The van der Waals surface area contributed by atoms with Gasteiger partial charge in [0.05, 0.1) is 0 Å². The molecule has 3 heteroatoms. The van der Waals surface area contributed by atoms with Gasteiger partial charge in [-0.05, 0) is 51.3 Å². The first-order valence-electron chi connectivity index (χ1n) is 5.44. The van der Waals surface area contributed by atoms with Crippen LogP contribution in [0.1, 0.15) is 36.1 Å². The summed E-state index contributed by atoms with van der Waals surface area (Å²) in [6.07, 6.45) is 3.41. The average molecular weight is 243 g/mol. The highest BCUT2D eigenvalue weighted by Gasteiger charge is 2.10. The fourth-order valence-electron chi connectivity index (χ4n) is 1.57. The number of hydrogen-bond acceptors (Lipinski definition) is 3. The summed E-state index contributed by atoms with van der Waals surface area (Å²) in [6, 6.07) is 5.53. The van der Waals surface area contributed by atoms with Crippen LogP contribution in [0, 0.1) is 6.92 Å². The summed E-state index contributed by atoms with van der Waals surface area (Å²) in [4.78, 5) is 2.85. The number of thiophene rings is 1. The molecule has 0 saturated carbocycles. The van der Waals surface area contributed by atoms with E-state index >= 15 is 0 Å². The molecule has 1 heterocycles. The van der Waals surface area contributed by atoms with Gasteiger partial charge in [-0.2, -0.15) is 11.8 Å². The third-order valence-electron chi connectivity index (χ3n) is 2.48. The van der Waals surface area contributed by atoms with E-state index in [0.717, 1.165) is 0 Å². The molecule has 0 spiro atoms. The molecule has 1 aromatic rings. The maximum Gasteiger partial charge on any atom is 0.0388 e. The molecular weight excluding hydrogens is 222 g/mol. The number of rotatable bonds is 6. The van der Waals surface area contributed by atoms with E-state index in [1.807, 2.05) is 23.1 Å². The standard InChI is InChI=1S/C12H21NS2/c1-9(7-8-14-4)13-11(3)12-6-5-10(2)15-12/h5-6,9,11,13H,7-8H2,1-4H3. The lowest BCUT2D eigenvalue weighted by atomic mass is 10.2. The third kappa shape index (κ3) is 4.58. The van der Waals surface area contributed by atoms with Crippen molar-refractivity contribution in [1.82, 2.24) is 5.32 Å². The Hall–Kier alpha value is 0.01000. The van der Waals surface area contributed by atoms with E-state index in [-0.39, 0.29) is 0 Å². The largest absolute Gasteiger partial charge is 0.307 e. The average Bonchev–Trinajstić information content (AvgIpc) is 2.61. The summed E-state index contributed by atoms with van der Waals surface area (Å²) in [5.41, 5.74) is 0. The molecule has 1 N–H and O–H groups in total. The number of hydrogen-bond donors (Lipinski definition) is 1. The Bertz CT molecular complexity index is 283. The molecule has 0 saturated heterocycles. The molecule has 1 rings (SSSR count). The smallest absolute Gasteiger partial charge is 0.0388 e. The van der Waals surface area contributed by atoms with Crippen LogP contribution in [0.4, 0.5) is 0 Å². The molecule has 0 fully saturated rings. The zero-order chi connectivity index (χ0) is 11.3. The molecule has 0 aromatic carbocycles. The Morgan fingerprint density at radius 1 is 1.40 bits per heavy atom. The summed E-state index contributed by atoms with van der Waals surface area (Å²) in [5.74, 6) is 1.24. The molecule has 2 atom stereocenters.